The van der Waals surface area contributed by atoms with Gasteiger partial charge < -0.3 is 29.3 Å². The Bertz CT molecular complexity index is 872. The summed E-state index contributed by atoms with van der Waals surface area (Å²) in [7, 11) is 8.28. The van der Waals surface area contributed by atoms with Crippen LogP contribution in [0.25, 0.3) is 0 Å². The van der Waals surface area contributed by atoms with Gasteiger partial charge >= 0.3 is 0 Å². The molecule has 0 fully saturated rings. The van der Waals surface area contributed by atoms with E-state index < -0.39 is 0 Å². The number of hydrogen-bond donors (Lipinski definition) is 2. The van der Waals surface area contributed by atoms with Crippen LogP contribution >= 0.6 is 0 Å². The van der Waals surface area contributed by atoms with Gasteiger partial charge in [-0.2, -0.15) is 0 Å². The molecule has 30 heavy (non-hydrogen) atoms. The lowest BCUT2D eigenvalue weighted by atomic mass is 10.2. The van der Waals surface area contributed by atoms with E-state index in [1.165, 1.54) is 0 Å². The molecule has 0 aliphatic heterocycles. The van der Waals surface area contributed by atoms with Gasteiger partial charge in [0.2, 0.25) is 0 Å². The smallest absolute Gasteiger partial charge is 0.279 e. The molecule has 0 aliphatic rings. The molecule has 0 bridgehead atoms. The first-order valence-electron chi connectivity index (χ1n) is 9.56. The first-order chi connectivity index (χ1) is 14.4. The second-order valence-electron chi connectivity index (χ2n) is 7.03. The number of hydrogen-bond acceptors (Lipinski definition) is 5. The quantitative estimate of drug-likeness (QED) is 0.600. The molecule has 1 unspecified atom stereocenters. The third-order valence-electron chi connectivity index (χ3n) is 4.56. The lowest BCUT2D eigenvalue weighted by Crippen LogP contribution is -3.11. The summed E-state index contributed by atoms with van der Waals surface area (Å²) < 4.78 is 15.7. The molecule has 0 saturated carbocycles. The number of quaternary nitrogens is 1. The summed E-state index contributed by atoms with van der Waals surface area (Å²) in [6.45, 7) is 0.810. The number of amides is 2. The van der Waals surface area contributed by atoms with Crippen LogP contribution in [0, 0.1) is 0 Å². The Morgan fingerprint density at radius 2 is 1.70 bits per heavy atom. The van der Waals surface area contributed by atoms with Crippen LogP contribution in [0.2, 0.25) is 0 Å². The summed E-state index contributed by atoms with van der Waals surface area (Å²) >= 11 is 0. The molecule has 2 N–H and O–H groups in total. The van der Waals surface area contributed by atoms with Crippen molar-refractivity contribution >= 4 is 17.5 Å². The molecule has 0 spiro atoms. The van der Waals surface area contributed by atoms with Crippen molar-refractivity contribution in [3.8, 4) is 17.2 Å². The van der Waals surface area contributed by atoms with E-state index in [4.69, 9.17) is 14.2 Å². The molecule has 2 rings (SSSR count). The lowest BCUT2D eigenvalue weighted by molar-refractivity contribution is -0.862. The topological polar surface area (TPSA) is 81.5 Å². The number of ether oxygens (including phenoxy) is 3. The fourth-order valence-electron chi connectivity index (χ4n) is 2.98. The third-order valence-corrected chi connectivity index (χ3v) is 4.56. The van der Waals surface area contributed by atoms with Crippen molar-refractivity contribution in [2.45, 2.75) is 6.54 Å². The number of nitrogens with zero attached hydrogens (tertiary/aromatic N) is 1. The number of benzene rings is 2. The molecule has 0 aromatic heterocycles. The maximum atomic E-state index is 12.6. The molecule has 1 atom stereocenters. The fraction of sp³-hybridized carbons (Fsp3) is 0.364. The predicted molar refractivity (Wildman–Crippen MR) is 114 cm³/mol. The van der Waals surface area contributed by atoms with Gasteiger partial charge in [0.15, 0.2) is 24.6 Å². The van der Waals surface area contributed by atoms with E-state index in [-0.39, 0.29) is 24.9 Å². The average molecular weight is 416 g/mol. The van der Waals surface area contributed by atoms with Gasteiger partial charge in [-0.25, -0.2) is 0 Å². The van der Waals surface area contributed by atoms with Crippen LogP contribution in [0.3, 0.4) is 0 Å². The van der Waals surface area contributed by atoms with Gasteiger partial charge in [-0.05, 0) is 29.8 Å². The van der Waals surface area contributed by atoms with E-state index >= 15 is 0 Å². The van der Waals surface area contributed by atoms with Gasteiger partial charge in [0.25, 0.3) is 11.8 Å². The van der Waals surface area contributed by atoms with Crippen molar-refractivity contribution in [3.63, 3.8) is 0 Å². The number of methoxy groups -OCH3 is 3. The van der Waals surface area contributed by atoms with Gasteiger partial charge in [0.05, 0.1) is 28.4 Å². The highest BCUT2D eigenvalue weighted by Crippen LogP contribution is 2.27. The van der Waals surface area contributed by atoms with Crippen molar-refractivity contribution < 1.29 is 28.7 Å². The van der Waals surface area contributed by atoms with Crippen molar-refractivity contribution in [2.24, 2.45) is 0 Å². The standard InChI is InChI=1S/C22H29N3O5/c1-24(14-21(26)23-17-7-6-8-18(12-17)28-3)15-22(27)25(2)13-16-9-10-19(29-4)20(11-16)30-5/h6-12H,13-15H2,1-5H3,(H,23,26)/p+1. The van der Waals surface area contributed by atoms with Gasteiger partial charge in [-0.15, -0.1) is 0 Å². The summed E-state index contributed by atoms with van der Waals surface area (Å²) in [5, 5.41) is 2.82. The van der Waals surface area contributed by atoms with Crippen LogP contribution in [-0.4, -0.2) is 65.2 Å². The number of likely N-dealkylation sites (N-methyl/N-ethyl adjacent to an activating group) is 2. The summed E-state index contributed by atoms with van der Waals surface area (Å²) in [5.74, 6) is 1.70. The molecule has 8 nitrogen and oxygen atoms in total. The monoisotopic (exact) mass is 416 g/mol. The molecule has 0 radical (unpaired) electrons. The van der Waals surface area contributed by atoms with Crippen LogP contribution in [0.4, 0.5) is 5.69 Å². The molecule has 0 saturated heterocycles. The number of carbonyl (C=O) groups is 2. The molecule has 0 heterocycles. The normalized spacial score (nSPS) is 11.4. The Kier molecular flexibility index (Phi) is 8.49. The van der Waals surface area contributed by atoms with Gasteiger partial charge in [0.1, 0.15) is 5.75 Å². The van der Waals surface area contributed by atoms with Crippen LogP contribution in [0.15, 0.2) is 42.5 Å². The highest BCUT2D eigenvalue weighted by Gasteiger charge is 2.18. The van der Waals surface area contributed by atoms with E-state index in [9.17, 15) is 9.59 Å². The van der Waals surface area contributed by atoms with E-state index in [1.54, 1.807) is 57.5 Å². The maximum Gasteiger partial charge on any atom is 0.279 e. The Morgan fingerprint density at radius 3 is 2.37 bits per heavy atom. The first-order valence-corrected chi connectivity index (χ1v) is 9.56. The highest BCUT2D eigenvalue weighted by atomic mass is 16.5. The van der Waals surface area contributed by atoms with E-state index in [1.807, 2.05) is 25.2 Å². The SMILES string of the molecule is COc1cccc(NC(=O)C[NH+](C)CC(=O)N(C)Cc2ccc(OC)c(OC)c2)c1. The summed E-state index contributed by atoms with van der Waals surface area (Å²) in [6, 6.07) is 12.7. The molecule has 2 aromatic carbocycles. The number of rotatable bonds is 10. The third kappa shape index (κ3) is 6.66. The van der Waals surface area contributed by atoms with Crippen molar-refractivity contribution in [2.75, 3.05) is 53.8 Å². The van der Waals surface area contributed by atoms with Gasteiger partial charge in [-0.1, -0.05) is 12.1 Å². The molecular weight excluding hydrogens is 386 g/mol. The zero-order valence-corrected chi connectivity index (χ0v) is 18.2. The molecule has 162 valence electrons. The number of carbonyl (C=O) groups excluding carboxylic acids is 2. The van der Waals surface area contributed by atoms with E-state index in [2.05, 4.69) is 5.32 Å². The highest BCUT2D eigenvalue weighted by molar-refractivity contribution is 5.91. The van der Waals surface area contributed by atoms with Crippen molar-refractivity contribution in [1.82, 2.24) is 4.90 Å². The zero-order valence-electron chi connectivity index (χ0n) is 18.2. The second kappa shape index (κ2) is 11.1. The van der Waals surface area contributed by atoms with Crippen LogP contribution in [-0.2, 0) is 16.1 Å². The van der Waals surface area contributed by atoms with Crippen LogP contribution in [0.5, 0.6) is 17.2 Å². The minimum absolute atomic E-state index is 0.0588. The number of nitrogens with one attached hydrogen (secondary N) is 2. The minimum Gasteiger partial charge on any atom is -0.497 e. The van der Waals surface area contributed by atoms with Gasteiger partial charge in [-0.3, -0.25) is 9.59 Å². The fourth-order valence-corrected chi connectivity index (χ4v) is 2.98. The second-order valence-corrected chi connectivity index (χ2v) is 7.03. The van der Waals surface area contributed by atoms with Gasteiger partial charge in [0, 0.05) is 25.3 Å². The predicted octanol–water partition coefficient (Wildman–Crippen LogP) is 0.824. The largest absolute Gasteiger partial charge is 0.497 e. The first kappa shape index (κ1) is 23.0. The van der Waals surface area contributed by atoms with Crippen molar-refractivity contribution in [3.05, 3.63) is 48.0 Å². The number of anilines is 1. The summed E-state index contributed by atoms with van der Waals surface area (Å²) in [5.41, 5.74) is 1.58. The summed E-state index contributed by atoms with van der Waals surface area (Å²) in [6.07, 6.45) is 0. The van der Waals surface area contributed by atoms with Crippen LogP contribution < -0.4 is 24.4 Å². The molecule has 0 aliphatic carbocycles. The lowest BCUT2D eigenvalue weighted by Gasteiger charge is -2.20. The van der Waals surface area contributed by atoms with E-state index in [0.29, 0.717) is 29.5 Å². The summed E-state index contributed by atoms with van der Waals surface area (Å²) in [4.78, 5) is 27.3. The zero-order chi connectivity index (χ0) is 22.1. The average Bonchev–Trinajstić information content (AvgIpc) is 2.73. The molecule has 2 aromatic rings. The maximum absolute atomic E-state index is 12.6. The Morgan fingerprint density at radius 1 is 0.967 bits per heavy atom. The van der Waals surface area contributed by atoms with Crippen LogP contribution in [0.1, 0.15) is 5.56 Å². The van der Waals surface area contributed by atoms with E-state index in [0.717, 1.165) is 10.5 Å². The molecule has 8 heteroatoms. The minimum atomic E-state index is -0.170. The molecular formula is C22H30N3O5+. The van der Waals surface area contributed by atoms with Crippen molar-refractivity contribution in [1.29, 1.82) is 0 Å². The molecule has 2 amide bonds. The Hall–Kier alpha value is -3.26. The Labute approximate surface area is 177 Å². The Balaban J connectivity index is 1.86.